The van der Waals surface area contributed by atoms with E-state index in [0.29, 0.717) is 0 Å². The normalized spacial score (nSPS) is 12.9. The molecule has 0 saturated heterocycles. The highest BCUT2D eigenvalue weighted by Crippen LogP contribution is 2.21. The van der Waals surface area contributed by atoms with E-state index in [0.717, 1.165) is 16.9 Å². The van der Waals surface area contributed by atoms with Crippen molar-refractivity contribution in [1.29, 1.82) is 0 Å². The molecule has 0 radical (unpaired) electrons. The first-order valence-corrected chi connectivity index (χ1v) is 6.45. The number of amides is 1. The molecule has 0 spiro atoms. The number of aromatic amines is 1. The molecule has 96 valence electrons. The van der Waals surface area contributed by atoms with Crippen LogP contribution in [0.3, 0.4) is 0 Å². The minimum Gasteiger partial charge on any atom is -0.345 e. The van der Waals surface area contributed by atoms with Gasteiger partial charge in [0.25, 0.3) is 0 Å². The Labute approximate surface area is 111 Å². The molecule has 1 atom stereocenters. The minimum atomic E-state index is -0.184. The predicted octanol–water partition coefficient (Wildman–Crippen LogP) is 2.62. The van der Waals surface area contributed by atoms with E-state index in [9.17, 15) is 4.79 Å². The Balaban J connectivity index is 2.32. The molecule has 0 aliphatic rings. The van der Waals surface area contributed by atoms with Crippen molar-refractivity contribution in [1.82, 2.24) is 15.3 Å². The van der Waals surface area contributed by atoms with Crippen molar-refractivity contribution in [2.24, 2.45) is 5.92 Å². The Kier molecular flexibility index (Phi) is 3.87. The van der Waals surface area contributed by atoms with E-state index in [1.807, 2.05) is 38.1 Å². The van der Waals surface area contributed by atoms with Crippen molar-refractivity contribution >= 4 is 28.5 Å². The van der Waals surface area contributed by atoms with E-state index >= 15 is 0 Å². The molecule has 0 aliphatic heterocycles. The number of hydrogen-bond donors (Lipinski definition) is 2. The molecule has 0 bridgehead atoms. The van der Waals surface area contributed by atoms with E-state index in [1.54, 1.807) is 0 Å². The molecule has 2 N–H and O–H groups in total. The molecule has 0 saturated carbocycles. The highest BCUT2D eigenvalue weighted by molar-refractivity contribution is 6.27. The van der Waals surface area contributed by atoms with Crippen molar-refractivity contribution in [2.45, 2.75) is 19.9 Å². The maximum atomic E-state index is 11.4. The quantitative estimate of drug-likeness (QED) is 0.835. The summed E-state index contributed by atoms with van der Waals surface area (Å²) in [6.07, 6.45) is 0. The smallest absolute Gasteiger partial charge is 0.235 e. The molecule has 18 heavy (non-hydrogen) atoms. The summed E-state index contributed by atoms with van der Waals surface area (Å²) in [7, 11) is 0. The molecule has 0 fully saturated rings. The third-order valence-electron chi connectivity index (χ3n) is 2.81. The van der Waals surface area contributed by atoms with Crippen LogP contribution in [0.2, 0.25) is 0 Å². The van der Waals surface area contributed by atoms with Crippen LogP contribution in [0.25, 0.3) is 11.0 Å². The van der Waals surface area contributed by atoms with Crippen LogP contribution in [0.15, 0.2) is 24.3 Å². The minimum absolute atomic E-state index is 0.0382. The summed E-state index contributed by atoms with van der Waals surface area (Å²) in [5.74, 6) is 0.780. The highest BCUT2D eigenvalue weighted by atomic mass is 35.5. The molecule has 1 aromatic carbocycles. The van der Waals surface area contributed by atoms with Gasteiger partial charge in [0, 0.05) is 0 Å². The molecule has 2 rings (SSSR count). The van der Waals surface area contributed by atoms with Gasteiger partial charge in [-0.25, -0.2) is 4.98 Å². The molecule has 1 unspecified atom stereocenters. The van der Waals surface area contributed by atoms with Crippen LogP contribution < -0.4 is 5.32 Å². The Hall–Kier alpha value is -1.55. The number of imidazole rings is 1. The second-order valence-corrected chi connectivity index (χ2v) is 4.83. The molecule has 4 nitrogen and oxygen atoms in total. The maximum absolute atomic E-state index is 11.4. The number of H-pyrrole nitrogens is 1. The largest absolute Gasteiger partial charge is 0.345 e. The van der Waals surface area contributed by atoms with Gasteiger partial charge < -0.3 is 10.3 Å². The third kappa shape index (κ3) is 2.64. The van der Waals surface area contributed by atoms with E-state index in [-0.39, 0.29) is 23.7 Å². The first kappa shape index (κ1) is 12.9. The molecular weight excluding hydrogens is 250 g/mol. The fourth-order valence-corrected chi connectivity index (χ4v) is 1.96. The Bertz CT molecular complexity index is 517. The maximum Gasteiger partial charge on any atom is 0.235 e. The monoisotopic (exact) mass is 265 g/mol. The average molecular weight is 266 g/mol. The lowest BCUT2D eigenvalue weighted by Crippen LogP contribution is -2.33. The number of halogens is 1. The van der Waals surface area contributed by atoms with Gasteiger partial charge in [0.2, 0.25) is 5.91 Å². The number of nitrogens with one attached hydrogen (secondary N) is 2. The summed E-state index contributed by atoms with van der Waals surface area (Å²) in [4.78, 5) is 19.2. The van der Waals surface area contributed by atoms with Gasteiger partial charge in [0.15, 0.2) is 0 Å². The van der Waals surface area contributed by atoms with Crippen molar-refractivity contribution in [3.63, 3.8) is 0 Å². The molecule has 1 amide bonds. The molecule has 2 aromatic rings. The van der Waals surface area contributed by atoms with E-state index in [2.05, 4.69) is 15.3 Å². The van der Waals surface area contributed by atoms with Crippen LogP contribution in [-0.2, 0) is 4.79 Å². The number of nitrogens with zero attached hydrogens (tertiary/aromatic N) is 1. The summed E-state index contributed by atoms with van der Waals surface area (Å²) in [5.41, 5.74) is 1.87. The summed E-state index contributed by atoms with van der Waals surface area (Å²) in [6, 6.07) is 7.65. The van der Waals surface area contributed by atoms with Gasteiger partial charge in [-0.3, -0.25) is 4.79 Å². The van der Waals surface area contributed by atoms with Crippen molar-refractivity contribution < 1.29 is 4.79 Å². The number of benzene rings is 1. The van der Waals surface area contributed by atoms with Crippen molar-refractivity contribution in [3.05, 3.63) is 30.1 Å². The lowest BCUT2D eigenvalue weighted by atomic mass is 10.0. The van der Waals surface area contributed by atoms with Crippen LogP contribution in [0.1, 0.15) is 25.7 Å². The van der Waals surface area contributed by atoms with Gasteiger partial charge in [0.1, 0.15) is 11.7 Å². The number of carbonyl (C=O) groups excluding carboxylic acids is 1. The first-order chi connectivity index (χ1) is 8.61. The Morgan fingerprint density at radius 3 is 2.78 bits per heavy atom. The Morgan fingerprint density at radius 1 is 1.44 bits per heavy atom. The highest BCUT2D eigenvalue weighted by Gasteiger charge is 2.21. The van der Waals surface area contributed by atoms with Crippen LogP contribution in [0.5, 0.6) is 0 Å². The SMILES string of the molecule is CC(C)C(NC(=O)CCl)c1nc2ccccc2[nH]1. The van der Waals surface area contributed by atoms with Gasteiger partial charge in [-0.05, 0) is 18.1 Å². The van der Waals surface area contributed by atoms with Gasteiger partial charge in [-0.1, -0.05) is 26.0 Å². The molecule has 1 aromatic heterocycles. The summed E-state index contributed by atoms with van der Waals surface area (Å²) >= 11 is 5.52. The second-order valence-electron chi connectivity index (χ2n) is 4.56. The van der Waals surface area contributed by atoms with Gasteiger partial charge in [-0.15, -0.1) is 11.6 Å². The number of para-hydroxylation sites is 2. The van der Waals surface area contributed by atoms with Crippen LogP contribution in [-0.4, -0.2) is 21.8 Å². The predicted molar refractivity (Wildman–Crippen MR) is 72.5 cm³/mol. The lowest BCUT2D eigenvalue weighted by molar-refractivity contribution is -0.119. The van der Waals surface area contributed by atoms with Crippen molar-refractivity contribution in [3.8, 4) is 0 Å². The van der Waals surface area contributed by atoms with Gasteiger partial charge in [0.05, 0.1) is 17.1 Å². The summed E-state index contributed by atoms with van der Waals surface area (Å²) < 4.78 is 0. The van der Waals surface area contributed by atoms with Crippen LogP contribution in [0.4, 0.5) is 0 Å². The number of carbonyl (C=O) groups is 1. The lowest BCUT2D eigenvalue weighted by Gasteiger charge is -2.19. The van der Waals surface area contributed by atoms with Gasteiger partial charge >= 0.3 is 0 Å². The number of fused-ring (bicyclic) bond motifs is 1. The number of alkyl halides is 1. The zero-order valence-electron chi connectivity index (χ0n) is 10.4. The molecular formula is C13H16ClN3O. The van der Waals surface area contributed by atoms with Crippen LogP contribution in [0, 0.1) is 5.92 Å². The van der Waals surface area contributed by atoms with E-state index < -0.39 is 0 Å². The zero-order valence-corrected chi connectivity index (χ0v) is 11.2. The number of rotatable bonds is 4. The van der Waals surface area contributed by atoms with Gasteiger partial charge in [-0.2, -0.15) is 0 Å². The van der Waals surface area contributed by atoms with Crippen LogP contribution >= 0.6 is 11.6 Å². The fourth-order valence-electron chi connectivity index (χ4n) is 1.88. The molecule has 5 heteroatoms. The molecule has 1 heterocycles. The average Bonchev–Trinajstić information content (AvgIpc) is 2.78. The number of aromatic nitrogens is 2. The third-order valence-corrected chi connectivity index (χ3v) is 3.05. The fraction of sp³-hybridized carbons (Fsp3) is 0.385. The first-order valence-electron chi connectivity index (χ1n) is 5.91. The summed E-state index contributed by atoms with van der Waals surface area (Å²) in [5, 5.41) is 2.88. The second kappa shape index (κ2) is 5.40. The number of hydrogen-bond acceptors (Lipinski definition) is 2. The van der Waals surface area contributed by atoms with E-state index in [1.165, 1.54) is 0 Å². The summed E-state index contributed by atoms with van der Waals surface area (Å²) in [6.45, 7) is 4.07. The Morgan fingerprint density at radius 2 is 2.17 bits per heavy atom. The zero-order chi connectivity index (χ0) is 13.1. The van der Waals surface area contributed by atoms with Crippen molar-refractivity contribution in [2.75, 3.05) is 5.88 Å². The topological polar surface area (TPSA) is 57.8 Å². The standard InChI is InChI=1S/C13H16ClN3O/c1-8(2)12(17-11(18)7-14)13-15-9-5-3-4-6-10(9)16-13/h3-6,8,12H,7H2,1-2H3,(H,15,16)(H,17,18). The molecule has 0 aliphatic carbocycles. The van der Waals surface area contributed by atoms with E-state index in [4.69, 9.17) is 11.6 Å².